The third-order valence-corrected chi connectivity index (χ3v) is 3.38. The number of alkyl halides is 2. The van der Waals surface area contributed by atoms with Gasteiger partial charge in [-0.15, -0.1) is 0 Å². The molecule has 0 fully saturated rings. The van der Waals surface area contributed by atoms with Crippen molar-refractivity contribution < 1.29 is 14.2 Å². The Balaban J connectivity index is 3.49. The summed E-state index contributed by atoms with van der Waals surface area (Å²) in [6, 6.07) is 1.79. The van der Waals surface area contributed by atoms with Crippen LogP contribution < -0.4 is 14.2 Å². The number of halogens is 3. The number of hydrogen-bond donors (Lipinski definition) is 0. The number of methoxy groups -OCH3 is 3. The van der Waals surface area contributed by atoms with Gasteiger partial charge in [-0.2, -0.15) is 0 Å². The molecule has 3 nitrogen and oxygen atoms in total. The lowest BCUT2D eigenvalue weighted by Gasteiger charge is -2.17. The van der Waals surface area contributed by atoms with Gasteiger partial charge in [0.1, 0.15) is 10.8 Å². The smallest absolute Gasteiger partial charge is 0.183 e. The van der Waals surface area contributed by atoms with Gasteiger partial charge in [0.05, 0.1) is 25.1 Å². The van der Waals surface area contributed by atoms with E-state index >= 15 is 0 Å². The van der Waals surface area contributed by atoms with Crippen molar-refractivity contribution in [1.82, 2.24) is 0 Å². The van der Waals surface area contributed by atoms with Crippen LogP contribution in [0.2, 0.25) is 5.02 Å². The maximum Gasteiger partial charge on any atom is 0.183 e. The molecule has 0 N–H and O–H groups in total. The Labute approximate surface area is 116 Å². The summed E-state index contributed by atoms with van der Waals surface area (Å²) in [5.74, 6) is 1.58. The van der Waals surface area contributed by atoms with Gasteiger partial charge in [0, 0.05) is 5.56 Å². The molecule has 90 valence electrons. The van der Waals surface area contributed by atoms with E-state index in [-0.39, 0.29) is 3.74 Å². The highest BCUT2D eigenvalue weighted by atomic mass is 79.9. The summed E-state index contributed by atoms with van der Waals surface area (Å²) in [5.41, 5.74) is 0.848. The van der Waals surface area contributed by atoms with Crippen molar-refractivity contribution in [1.29, 1.82) is 0 Å². The summed E-state index contributed by atoms with van der Waals surface area (Å²) in [7, 11) is 4.64. The molecule has 0 bridgehead atoms. The van der Waals surface area contributed by atoms with Crippen molar-refractivity contribution in [3.63, 3.8) is 0 Å². The number of rotatable bonds is 4. The minimum absolute atomic E-state index is 0.0741. The standard InChI is InChI=1S/C10H11Br2ClO3/c1-14-6-4-5(10(11)12)8(15-2)9(16-3)7(6)13/h4,10H,1-3H3. The molecule has 0 saturated heterocycles. The van der Waals surface area contributed by atoms with E-state index in [9.17, 15) is 0 Å². The first kappa shape index (κ1) is 13.9. The molecule has 1 aromatic carbocycles. The molecular formula is C10H11Br2ClO3. The monoisotopic (exact) mass is 372 g/mol. The Morgan fingerprint density at radius 3 is 2.00 bits per heavy atom. The topological polar surface area (TPSA) is 27.7 Å². The summed E-state index contributed by atoms with van der Waals surface area (Å²) >= 11 is 12.9. The van der Waals surface area contributed by atoms with Crippen LogP contribution in [0.4, 0.5) is 0 Å². The number of hydrogen-bond acceptors (Lipinski definition) is 3. The molecule has 0 heterocycles. The van der Waals surface area contributed by atoms with E-state index in [0.717, 1.165) is 5.56 Å². The van der Waals surface area contributed by atoms with Gasteiger partial charge in [-0.25, -0.2) is 0 Å². The second-order valence-corrected chi connectivity index (χ2v) is 6.29. The molecule has 0 unspecified atom stereocenters. The summed E-state index contributed by atoms with van der Waals surface area (Å²) in [4.78, 5) is 0. The van der Waals surface area contributed by atoms with Crippen molar-refractivity contribution >= 4 is 43.5 Å². The number of benzene rings is 1. The van der Waals surface area contributed by atoms with Gasteiger partial charge in [-0.05, 0) is 6.07 Å². The van der Waals surface area contributed by atoms with Crippen molar-refractivity contribution in [3.8, 4) is 17.2 Å². The first-order valence-corrected chi connectivity index (χ1v) is 6.54. The second kappa shape index (κ2) is 5.98. The fourth-order valence-electron chi connectivity index (χ4n) is 1.32. The molecule has 0 aromatic heterocycles. The van der Waals surface area contributed by atoms with Crippen LogP contribution in [-0.4, -0.2) is 21.3 Å². The molecule has 1 rings (SSSR count). The van der Waals surface area contributed by atoms with Crippen LogP contribution in [-0.2, 0) is 0 Å². The third kappa shape index (κ3) is 2.57. The fourth-order valence-corrected chi connectivity index (χ4v) is 2.29. The average Bonchev–Trinajstić information content (AvgIpc) is 2.27. The van der Waals surface area contributed by atoms with Gasteiger partial charge in [0.25, 0.3) is 0 Å². The lowest BCUT2D eigenvalue weighted by molar-refractivity contribution is 0.347. The molecule has 0 amide bonds. The maximum atomic E-state index is 6.11. The highest BCUT2D eigenvalue weighted by Gasteiger charge is 2.21. The van der Waals surface area contributed by atoms with Gasteiger partial charge >= 0.3 is 0 Å². The molecule has 0 saturated carbocycles. The molecule has 1 aromatic rings. The average molecular weight is 374 g/mol. The van der Waals surface area contributed by atoms with E-state index in [4.69, 9.17) is 25.8 Å². The van der Waals surface area contributed by atoms with E-state index in [2.05, 4.69) is 31.9 Å². The van der Waals surface area contributed by atoms with Crippen LogP contribution in [0, 0.1) is 0 Å². The molecule has 0 radical (unpaired) electrons. The molecule has 0 spiro atoms. The van der Waals surface area contributed by atoms with Gasteiger partial charge in [0.2, 0.25) is 0 Å². The molecule has 6 heteroatoms. The van der Waals surface area contributed by atoms with Crippen molar-refractivity contribution in [2.75, 3.05) is 21.3 Å². The van der Waals surface area contributed by atoms with E-state index in [0.29, 0.717) is 22.3 Å². The minimum Gasteiger partial charge on any atom is -0.495 e. The predicted octanol–water partition coefficient (Wildman–Crippen LogP) is 4.15. The quantitative estimate of drug-likeness (QED) is 0.741. The minimum atomic E-state index is -0.0741. The van der Waals surface area contributed by atoms with Crippen LogP contribution in [0.1, 0.15) is 9.30 Å². The summed E-state index contributed by atoms with van der Waals surface area (Å²) in [6.45, 7) is 0. The summed E-state index contributed by atoms with van der Waals surface area (Å²) in [6.07, 6.45) is 0. The van der Waals surface area contributed by atoms with E-state index < -0.39 is 0 Å². The van der Waals surface area contributed by atoms with Crippen molar-refractivity contribution in [2.24, 2.45) is 0 Å². The molecule has 0 aliphatic heterocycles. The van der Waals surface area contributed by atoms with E-state index in [1.807, 2.05) is 0 Å². The summed E-state index contributed by atoms with van der Waals surface area (Å²) in [5, 5.41) is 0.395. The Kier molecular flexibility index (Phi) is 5.21. The van der Waals surface area contributed by atoms with E-state index in [1.54, 1.807) is 20.3 Å². The van der Waals surface area contributed by atoms with Crippen LogP contribution in [0.3, 0.4) is 0 Å². The largest absolute Gasteiger partial charge is 0.495 e. The Bertz CT molecular complexity index is 383. The maximum absolute atomic E-state index is 6.11. The zero-order valence-corrected chi connectivity index (χ0v) is 12.9. The van der Waals surface area contributed by atoms with Gasteiger partial charge in [0.15, 0.2) is 11.5 Å². The lowest BCUT2D eigenvalue weighted by atomic mass is 10.2. The fraction of sp³-hybridized carbons (Fsp3) is 0.400. The zero-order valence-electron chi connectivity index (χ0n) is 9.01. The normalized spacial score (nSPS) is 10.4. The van der Waals surface area contributed by atoms with Crippen LogP contribution in [0.25, 0.3) is 0 Å². The predicted molar refractivity (Wildman–Crippen MR) is 71.7 cm³/mol. The molecule has 16 heavy (non-hydrogen) atoms. The highest BCUT2D eigenvalue weighted by molar-refractivity contribution is 9.24. The molecule has 0 atom stereocenters. The van der Waals surface area contributed by atoms with Gasteiger partial charge < -0.3 is 14.2 Å². The van der Waals surface area contributed by atoms with E-state index in [1.165, 1.54) is 7.11 Å². The van der Waals surface area contributed by atoms with Crippen LogP contribution in [0.5, 0.6) is 17.2 Å². The Hall–Kier alpha value is -0.130. The number of ether oxygens (including phenoxy) is 3. The van der Waals surface area contributed by atoms with Crippen molar-refractivity contribution in [3.05, 3.63) is 16.7 Å². The SMILES string of the molecule is COc1cc(C(Br)Br)c(OC)c(OC)c1Cl. The lowest BCUT2D eigenvalue weighted by Crippen LogP contribution is -1.98. The summed E-state index contributed by atoms with van der Waals surface area (Å²) < 4.78 is 15.6. The molecule has 0 aliphatic rings. The first-order chi connectivity index (χ1) is 7.56. The van der Waals surface area contributed by atoms with Gasteiger partial charge in [-0.1, -0.05) is 43.5 Å². The highest BCUT2D eigenvalue weighted by Crippen LogP contribution is 2.48. The van der Waals surface area contributed by atoms with Gasteiger partial charge in [-0.3, -0.25) is 0 Å². The Morgan fingerprint density at radius 2 is 1.62 bits per heavy atom. The van der Waals surface area contributed by atoms with Crippen LogP contribution >= 0.6 is 43.5 Å². The molecular weight excluding hydrogens is 363 g/mol. The zero-order chi connectivity index (χ0) is 12.3. The van der Waals surface area contributed by atoms with Crippen molar-refractivity contribution in [2.45, 2.75) is 3.74 Å². The second-order valence-electron chi connectivity index (χ2n) is 2.85. The third-order valence-electron chi connectivity index (χ3n) is 2.03. The first-order valence-electron chi connectivity index (χ1n) is 4.33. The molecule has 0 aliphatic carbocycles. The Morgan fingerprint density at radius 1 is 1.06 bits per heavy atom. The van der Waals surface area contributed by atoms with Crippen LogP contribution in [0.15, 0.2) is 6.07 Å².